The molecule has 174 valence electrons. The predicted molar refractivity (Wildman–Crippen MR) is 129 cm³/mol. The third kappa shape index (κ3) is 20.5. The Labute approximate surface area is 183 Å². The molecule has 0 heterocycles. The monoisotopic (exact) mass is 410 g/mol. The molecule has 0 spiro atoms. The van der Waals surface area contributed by atoms with E-state index >= 15 is 0 Å². The molecule has 0 saturated carbocycles. The zero-order valence-electron chi connectivity index (χ0n) is 20.6. The molecule has 0 rings (SSSR count). The van der Waals surface area contributed by atoms with Gasteiger partial charge >= 0.3 is 0 Å². The number of unbranched alkanes of at least 4 members (excludes halogenated alkanes) is 17. The summed E-state index contributed by atoms with van der Waals surface area (Å²) in [6.07, 6.45) is 26.7. The summed E-state index contributed by atoms with van der Waals surface area (Å²) in [5.41, 5.74) is 0. The van der Waals surface area contributed by atoms with Crippen LogP contribution in [0.5, 0.6) is 0 Å². The van der Waals surface area contributed by atoms with E-state index in [9.17, 15) is 4.79 Å². The van der Waals surface area contributed by atoms with E-state index < -0.39 is 0 Å². The van der Waals surface area contributed by atoms with Crippen LogP contribution in [0.25, 0.3) is 0 Å². The maximum atomic E-state index is 12.0. The number of carbonyl (C=O) groups is 1. The van der Waals surface area contributed by atoms with Crippen LogP contribution in [0.15, 0.2) is 0 Å². The molecule has 0 aromatic rings. The summed E-state index contributed by atoms with van der Waals surface area (Å²) >= 11 is 0. The second-order valence-electron chi connectivity index (χ2n) is 9.22. The van der Waals surface area contributed by atoms with E-state index in [4.69, 9.17) is 0 Å². The molecule has 0 aliphatic rings. The standard InChI is InChI=1S/C26H54N2O/c1-5-7-8-9-10-11-12-13-14-15-16-17-18-19-20-21-22-23-24-26(29)27-25(6-2)28(3)4/h25H,5-24H2,1-4H3,(H,27,29). The van der Waals surface area contributed by atoms with Crippen molar-refractivity contribution < 1.29 is 4.79 Å². The molecule has 1 unspecified atom stereocenters. The quantitative estimate of drug-likeness (QED) is 0.146. The number of carbonyl (C=O) groups excluding carboxylic acids is 1. The maximum Gasteiger partial charge on any atom is 0.221 e. The minimum atomic E-state index is 0.179. The van der Waals surface area contributed by atoms with Gasteiger partial charge in [-0.1, -0.05) is 123 Å². The lowest BCUT2D eigenvalue weighted by molar-refractivity contribution is -0.123. The Bertz CT molecular complexity index is 344. The molecule has 1 amide bonds. The fourth-order valence-corrected chi connectivity index (χ4v) is 4.04. The van der Waals surface area contributed by atoms with Gasteiger partial charge in [0.25, 0.3) is 0 Å². The van der Waals surface area contributed by atoms with E-state index in [2.05, 4.69) is 24.1 Å². The molecule has 0 aliphatic carbocycles. The Morgan fingerprint density at radius 3 is 1.28 bits per heavy atom. The lowest BCUT2D eigenvalue weighted by atomic mass is 10.0. The van der Waals surface area contributed by atoms with Crippen LogP contribution >= 0.6 is 0 Å². The van der Waals surface area contributed by atoms with Crippen molar-refractivity contribution in [3.63, 3.8) is 0 Å². The Morgan fingerprint density at radius 1 is 0.621 bits per heavy atom. The van der Waals surface area contributed by atoms with Crippen LogP contribution in [0.1, 0.15) is 142 Å². The average Bonchev–Trinajstić information content (AvgIpc) is 2.70. The lowest BCUT2D eigenvalue weighted by Gasteiger charge is -2.23. The van der Waals surface area contributed by atoms with Crippen molar-refractivity contribution in [3.05, 3.63) is 0 Å². The van der Waals surface area contributed by atoms with Crippen LogP contribution in [-0.4, -0.2) is 31.1 Å². The third-order valence-electron chi connectivity index (χ3n) is 6.10. The van der Waals surface area contributed by atoms with E-state index in [0.29, 0.717) is 6.42 Å². The van der Waals surface area contributed by atoms with Crippen LogP contribution < -0.4 is 5.32 Å². The van der Waals surface area contributed by atoms with Gasteiger partial charge in [0.15, 0.2) is 0 Å². The minimum Gasteiger partial charge on any atom is -0.341 e. The Balaban J connectivity index is 3.21. The molecule has 0 aromatic carbocycles. The fourth-order valence-electron chi connectivity index (χ4n) is 4.04. The highest BCUT2D eigenvalue weighted by Crippen LogP contribution is 2.14. The first-order valence-corrected chi connectivity index (χ1v) is 13.1. The Kier molecular flexibility index (Phi) is 21.7. The summed E-state index contributed by atoms with van der Waals surface area (Å²) in [6.45, 7) is 4.40. The highest BCUT2D eigenvalue weighted by Gasteiger charge is 2.11. The molecule has 0 saturated heterocycles. The van der Waals surface area contributed by atoms with Crippen LogP contribution in [0.4, 0.5) is 0 Å². The second-order valence-corrected chi connectivity index (χ2v) is 9.22. The number of hydrogen-bond acceptors (Lipinski definition) is 2. The van der Waals surface area contributed by atoms with Crippen LogP contribution in [0.2, 0.25) is 0 Å². The van der Waals surface area contributed by atoms with Crippen molar-refractivity contribution in [3.8, 4) is 0 Å². The smallest absolute Gasteiger partial charge is 0.221 e. The normalized spacial score (nSPS) is 12.4. The number of rotatable bonds is 22. The molecule has 3 heteroatoms. The van der Waals surface area contributed by atoms with Gasteiger partial charge in [-0.2, -0.15) is 0 Å². The maximum absolute atomic E-state index is 12.0. The van der Waals surface area contributed by atoms with Gasteiger partial charge in [-0.05, 0) is 26.9 Å². The summed E-state index contributed by atoms with van der Waals surface area (Å²) in [5, 5.41) is 3.11. The molecule has 3 nitrogen and oxygen atoms in total. The Hall–Kier alpha value is -0.570. The molecule has 0 fully saturated rings. The van der Waals surface area contributed by atoms with Crippen molar-refractivity contribution in [1.82, 2.24) is 10.2 Å². The molecule has 1 N–H and O–H groups in total. The summed E-state index contributed by atoms with van der Waals surface area (Å²) in [6, 6.07) is 0. The number of nitrogens with zero attached hydrogens (tertiary/aromatic N) is 1. The SMILES string of the molecule is CCCCCCCCCCCCCCCCCCCCC(=O)NC(CC)N(C)C. The minimum absolute atomic E-state index is 0.179. The number of hydrogen-bond donors (Lipinski definition) is 1. The summed E-state index contributed by atoms with van der Waals surface area (Å²) in [7, 11) is 4.04. The number of nitrogens with one attached hydrogen (secondary N) is 1. The van der Waals surface area contributed by atoms with Crippen molar-refractivity contribution in [1.29, 1.82) is 0 Å². The van der Waals surface area contributed by atoms with Gasteiger partial charge in [-0.25, -0.2) is 0 Å². The van der Waals surface area contributed by atoms with E-state index in [1.165, 1.54) is 109 Å². The van der Waals surface area contributed by atoms with Crippen LogP contribution in [0.3, 0.4) is 0 Å². The number of amides is 1. The molecule has 1 atom stereocenters. The third-order valence-corrected chi connectivity index (χ3v) is 6.10. The van der Waals surface area contributed by atoms with E-state index in [0.717, 1.165) is 12.8 Å². The van der Waals surface area contributed by atoms with E-state index in [-0.39, 0.29) is 12.1 Å². The molecule has 0 aliphatic heterocycles. The Morgan fingerprint density at radius 2 is 0.966 bits per heavy atom. The first kappa shape index (κ1) is 28.4. The summed E-state index contributed by atoms with van der Waals surface area (Å²) in [4.78, 5) is 14.0. The molecular formula is C26H54N2O. The van der Waals surface area contributed by atoms with Gasteiger partial charge in [0.1, 0.15) is 0 Å². The van der Waals surface area contributed by atoms with Crippen molar-refractivity contribution in [2.45, 2.75) is 148 Å². The van der Waals surface area contributed by atoms with Crippen molar-refractivity contribution >= 4 is 5.91 Å². The van der Waals surface area contributed by atoms with Crippen LogP contribution in [-0.2, 0) is 4.79 Å². The average molecular weight is 411 g/mol. The predicted octanol–water partition coefficient (Wildman–Crippen LogP) is 7.83. The first-order valence-electron chi connectivity index (χ1n) is 13.1. The molecule has 0 radical (unpaired) electrons. The topological polar surface area (TPSA) is 32.3 Å². The van der Waals surface area contributed by atoms with E-state index in [1.54, 1.807) is 0 Å². The zero-order valence-corrected chi connectivity index (χ0v) is 20.6. The van der Waals surface area contributed by atoms with Gasteiger partial charge in [0.2, 0.25) is 5.91 Å². The molecule has 0 bridgehead atoms. The highest BCUT2D eigenvalue weighted by molar-refractivity contribution is 5.76. The largest absolute Gasteiger partial charge is 0.341 e. The van der Waals surface area contributed by atoms with Gasteiger partial charge in [-0.15, -0.1) is 0 Å². The van der Waals surface area contributed by atoms with E-state index in [1.807, 2.05) is 14.1 Å². The van der Waals surface area contributed by atoms with Crippen molar-refractivity contribution in [2.24, 2.45) is 0 Å². The first-order chi connectivity index (χ1) is 14.1. The summed E-state index contributed by atoms with van der Waals surface area (Å²) < 4.78 is 0. The van der Waals surface area contributed by atoms with Gasteiger partial charge in [0.05, 0.1) is 6.17 Å². The van der Waals surface area contributed by atoms with Crippen LogP contribution in [0, 0.1) is 0 Å². The second kappa shape index (κ2) is 22.1. The lowest BCUT2D eigenvalue weighted by Crippen LogP contribution is -2.44. The zero-order chi connectivity index (χ0) is 21.6. The van der Waals surface area contributed by atoms with Gasteiger partial charge < -0.3 is 5.32 Å². The highest BCUT2D eigenvalue weighted by atomic mass is 16.1. The van der Waals surface area contributed by atoms with Gasteiger partial charge in [-0.3, -0.25) is 9.69 Å². The van der Waals surface area contributed by atoms with Crippen molar-refractivity contribution in [2.75, 3.05) is 14.1 Å². The fraction of sp³-hybridized carbons (Fsp3) is 0.962. The summed E-state index contributed by atoms with van der Waals surface area (Å²) in [5.74, 6) is 0.210. The van der Waals surface area contributed by atoms with Gasteiger partial charge in [0, 0.05) is 6.42 Å². The molecular weight excluding hydrogens is 356 g/mol. The molecule has 0 aromatic heterocycles. The molecule has 29 heavy (non-hydrogen) atoms.